The lowest BCUT2D eigenvalue weighted by Crippen LogP contribution is -1.93. The van der Waals surface area contributed by atoms with Crippen molar-refractivity contribution >= 4 is 28.2 Å². The number of hydrogen-bond donors (Lipinski definition) is 0. The lowest BCUT2D eigenvalue weighted by atomic mass is 10.1. The Morgan fingerprint density at radius 2 is 2.16 bits per heavy atom. The van der Waals surface area contributed by atoms with Crippen LogP contribution < -0.4 is 0 Å². The topological polar surface area (TPSA) is 35.1 Å². The molecule has 0 aliphatic heterocycles. The number of hydrogen-bond acceptors (Lipinski definition) is 2. The molecule has 4 nitrogen and oxygen atoms in total. The van der Waals surface area contributed by atoms with Gasteiger partial charge in [0.1, 0.15) is 0 Å². The number of rotatable bonds is 1. The summed E-state index contributed by atoms with van der Waals surface area (Å²) in [6, 6.07) is 7.45. The molecule has 0 saturated heterocycles. The summed E-state index contributed by atoms with van der Waals surface area (Å²) in [5.74, 6) is 0. The molecule has 0 radical (unpaired) electrons. The van der Waals surface area contributed by atoms with Gasteiger partial charge in [0.2, 0.25) is 5.69 Å². The molecule has 3 aromatic rings. The first-order valence-electron chi connectivity index (χ1n) is 5.65. The molecule has 0 atom stereocenters. The zero-order valence-corrected chi connectivity index (χ0v) is 10.9. The molecule has 0 N–H and O–H groups in total. The van der Waals surface area contributed by atoms with E-state index in [9.17, 15) is 0 Å². The second-order valence-corrected chi connectivity index (χ2v) is 4.57. The van der Waals surface area contributed by atoms with Gasteiger partial charge in [-0.1, -0.05) is 17.7 Å². The van der Waals surface area contributed by atoms with Gasteiger partial charge in [0.25, 0.3) is 0 Å². The van der Waals surface area contributed by atoms with Crippen molar-refractivity contribution in [3.8, 4) is 11.3 Å². The maximum absolute atomic E-state index is 7.43. The van der Waals surface area contributed by atoms with Crippen LogP contribution in [0.25, 0.3) is 27.0 Å². The fourth-order valence-corrected chi connectivity index (χ4v) is 2.28. The summed E-state index contributed by atoms with van der Waals surface area (Å²) in [5.41, 5.74) is 3.05. The molecule has 0 amide bonds. The predicted molar refractivity (Wildman–Crippen MR) is 75.2 cm³/mol. The van der Waals surface area contributed by atoms with E-state index >= 15 is 0 Å². The van der Waals surface area contributed by atoms with Crippen LogP contribution in [0.2, 0.25) is 5.02 Å². The summed E-state index contributed by atoms with van der Waals surface area (Å²) in [5, 5.41) is 5.43. The minimum atomic E-state index is 0.527. The molecule has 0 fully saturated rings. The van der Waals surface area contributed by atoms with Gasteiger partial charge < -0.3 is 0 Å². The maximum atomic E-state index is 7.43. The van der Waals surface area contributed by atoms with E-state index in [1.807, 2.05) is 25.2 Å². The first-order chi connectivity index (χ1) is 9.20. The number of pyridine rings is 1. The van der Waals surface area contributed by atoms with Crippen LogP contribution in [0.5, 0.6) is 0 Å². The SMILES string of the molecule is [C-]#[N+]c1c(-c2ccnn2C)ccc2ncc(Cl)cc12. The molecule has 2 aromatic heterocycles. The number of nitrogens with zero attached hydrogens (tertiary/aromatic N) is 4. The van der Waals surface area contributed by atoms with E-state index in [2.05, 4.69) is 14.9 Å². The van der Waals surface area contributed by atoms with Crippen molar-refractivity contribution < 1.29 is 0 Å². The fraction of sp³-hybridized carbons (Fsp3) is 0.0714. The smallest absolute Gasteiger partial charge is 0.205 e. The summed E-state index contributed by atoms with van der Waals surface area (Å²) in [7, 11) is 1.85. The Bertz CT molecular complexity index is 814. The molecule has 3 rings (SSSR count). The average Bonchev–Trinajstić information content (AvgIpc) is 2.83. The third-order valence-electron chi connectivity index (χ3n) is 3.01. The minimum absolute atomic E-state index is 0.527. The Balaban J connectivity index is 2.39. The van der Waals surface area contributed by atoms with Crippen LogP contribution >= 0.6 is 11.6 Å². The Morgan fingerprint density at radius 1 is 1.32 bits per heavy atom. The molecule has 0 aliphatic rings. The monoisotopic (exact) mass is 268 g/mol. The summed E-state index contributed by atoms with van der Waals surface area (Å²) < 4.78 is 1.74. The predicted octanol–water partition coefficient (Wildman–Crippen LogP) is 3.84. The quantitative estimate of drug-likeness (QED) is 0.629. The number of aryl methyl sites for hydroxylation is 1. The largest absolute Gasteiger partial charge is 0.269 e. The van der Waals surface area contributed by atoms with Crippen LogP contribution in [-0.2, 0) is 7.05 Å². The molecule has 0 aliphatic carbocycles. The molecule has 92 valence electrons. The second-order valence-electron chi connectivity index (χ2n) is 4.13. The average molecular weight is 269 g/mol. The highest BCUT2D eigenvalue weighted by molar-refractivity contribution is 6.31. The van der Waals surface area contributed by atoms with E-state index in [-0.39, 0.29) is 0 Å². The van der Waals surface area contributed by atoms with Crippen LogP contribution in [0.4, 0.5) is 5.69 Å². The molecular formula is C14H9ClN4. The minimum Gasteiger partial charge on any atom is -0.269 e. The van der Waals surface area contributed by atoms with Crippen molar-refractivity contribution in [1.82, 2.24) is 14.8 Å². The normalized spacial score (nSPS) is 10.6. The van der Waals surface area contributed by atoms with Gasteiger partial charge in [0, 0.05) is 30.4 Å². The Morgan fingerprint density at radius 3 is 2.84 bits per heavy atom. The zero-order chi connectivity index (χ0) is 13.4. The first-order valence-corrected chi connectivity index (χ1v) is 6.02. The van der Waals surface area contributed by atoms with Crippen molar-refractivity contribution in [2.45, 2.75) is 0 Å². The van der Waals surface area contributed by atoms with E-state index in [0.717, 1.165) is 22.2 Å². The number of fused-ring (bicyclic) bond motifs is 1. The molecular weight excluding hydrogens is 260 g/mol. The van der Waals surface area contributed by atoms with Crippen LogP contribution in [-0.4, -0.2) is 14.8 Å². The fourth-order valence-electron chi connectivity index (χ4n) is 2.12. The van der Waals surface area contributed by atoms with Gasteiger partial charge in [0.05, 0.1) is 22.8 Å². The van der Waals surface area contributed by atoms with Crippen molar-refractivity contribution in [2.24, 2.45) is 7.05 Å². The number of halogens is 1. The molecule has 1 aromatic carbocycles. The summed E-state index contributed by atoms with van der Waals surface area (Å²) >= 11 is 5.97. The third-order valence-corrected chi connectivity index (χ3v) is 3.22. The van der Waals surface area contributed by atoms with E-state index in [4.69, 9.17) is 18.2 Å². The Hall–Kier alpha value is -2.38. The van der Waals surface area contributed by atoms with E-state index in [1.54, 1.807) is 23.1 Å². The van der Waals surface area contributed by atoms with Crippen LogP contribution in [0.15, 0.2) is 36.7 Å². The Kier molecular flexibility index (Phi) is 2.69. The maximum Gasteiger partial charge on any atom is 0.205 e. The van der Waals surface area contributed by atoms with Gasteiger partial charge in [0.15, 0.2) is 0 Å². The molecule has 0 bridgehead atoms. The number of aromatic nitrogens is 3. The van der Waals surface area contributed by atoms with Crippen LogP contribution in [0.3, 0.4) is 0 Å². The summed E-state index contributed by atoms with van der Waals surface area (Å²) in [4.78, 5) is 7.88. The second kappa shape index (κ2) is 4.38. The van der Waals surface area contributed by atoms with Gasteiger partial charge in [-0.2, -0.15) is 5.10 Å². The van der Waals surface area contributed by atoms with Gasteiger partial charge >= 0.3 is 0 Å². The van der Waals surface area contributed by atoms with Gasteiger partial charge in [-0.05, 0) is 18.2 Å². The van der Waals surface area contributed by atoms with E-state index in [1.165, 1.54) is 0 Å². The number of benzene rings is 1. The molecule has 19 heavy (non-hydrogen) atoms. The highest BCUT2D eigenvalue weighted by Gasteiger charge is 2.13. The molecule has 0 unspecified atom stereocenters. The Labute approximate surface area is 115 Å². The van der Waals surface area contributed by atoms with Gasteiger partial charge in [-0.3, -0.25) is 9.67 Å². The lowest BCUT2D eigenvalue weighted by molar-refractivity contribution is 0.776. The van der Waals surface area contributed by atoms with Crippen molar-refractivity contribution in [1.29, 1.82) is 0 Å². The molecule has 2 heterocycles. The van der Waals surface area contributed by atoms with Crippen molar-refractivity contribution in [3.05, 3.63) is 53.1 Å². The molecule has 0 saturated carbocycles. The van der Waals surface area contributed by atoms with E-state index in [0.29, 0.717) is 10.7 Å². The molecule has 5 heteroatoms. The summed E-state index contributed by atoms with van der Waals surface area (Å²) in [6.07, 6.45) is 3.30. The first kappa shape index (κ1) is 11.7. The zero-order valence-electron chi connectivity index (χ0n) is 10.1. The highest BCUT2D eigenvalue weighted by Crippen LogP contribution is 2.36. The lowest BCUT2D eigenvalue weighted by Gasteiger charge is -2.08. The third kappa shape index (κ3) is 1.85. The van der Waals surface area contributed by atoms with Crippen molar-refractivity contribution in [3.63, 3.8) is 0 Å². The summed E-state index contributed by atoms with van der Waals surface area (Å²) in [6.45, 7) is 7.43. The van der Waals surface area contributed by atoms with Crippen molar-refractivity contribution in [2.75, 3.05) is 0 Å². The molecule has 0 spiro atoms. The standard InChI is InChI=1S/C14H9ClN4/c1-16-14-10(13-5-6-18-19(13)2)3-4-12-11(14)7-9(15)8-17-12/h3-8H,2H3. The van der Waals surface area contributed by atoms with Gasteiger partial charge in [-0.15, -0.1) is 0 Å². The highest BCUT2D eigenvalue weighted by atomic mass is 35.5. The van der Waals surface area contributed by atoms with Crippen LogP contribution in [0, 0.1) is 6.57 Å². The van der Waals surface area contributed by atoms with Gasteiger partial charge in [-0.25, -0.2) is 4.85 Å². The van der Waals surface area contributed by atoms with Crippen LogP contribution in [0.1, 0.15) is 0 Å². The van der Waals surface area contributed by atoms with E-state index < -0.39 is 0 Å².